The number of hydrogen-bond acceptors (Lipinski definition) is 8. The first-order valence-electron chi connectivity index (χ1n) is 11.6. The fourth-order valence-electron chi connectivity index (χ4n) is 4.02. The number of halogens is 2. The maximum absolute atomic E-state index is 12.8. The smallest absolute Gasteiger partial charge is 0.341 e. The zero-order chi connectivity index (χ0) is 25.8. The van der Waals surface area contributed by atoms with Crippen LogP contribution in [0.5, 0.6) is 5.75 Å². The predicted octanol–water partition coefficient (Wildman–Crippen LogP) is 6.20. The lowest BCUT2D eigenvalue weighted by Crippen LogP contribution is -2.17. The number of ether oxygens (including phenoxy) is 2. The molecule has 36 heavy (non-hydrogen) atoms. The monoisotopic (exact) mass is 568 g/mol. The zero-order valence-electron chi connectivity index (χ0n) is 20.1. The summed E-state index contributed by atoms with van der Waals surface area (Å²) >= 11 is 14.9. The minimum atomic E-state index is -0.431. The molecule has 1 aliphatic carbocycles. The van der Waals surface area contributed by atoms with Gasteiger partial charge in [0.2, 0.25) is 5.91 Å². The molecule has 0 bridgehead atoms. The number of thiophene rings is 1. The van der Waals surface area contributed by atoms with Gasteiger partial charge in [0.05, 0.1) is 22.9 Å². The summed E-state index contributed by atoms with van der Waals surface area (Å²) in [4.78, 5) is 26.5. The van der Waals surface area contributed by atoms with Gasteiger partial charge >= 0.3 is 5.97 Å². The molecule has 2 heterocycles. The van der Waals surface area contributed by atoms with Gasteiger partial charge in [-0.1, -0.05) is 35.0 Å². The second kappa shape index (κ2) is 11.9. The minimum Gasteiger partial charge on any atom is -0.481 e. The average molecular weight is 570 g/mol. The molecule has 192 valence electrons. The lowest BCUT2D eigenvalue weighted by Gasteiger charge is -2.16. The van der Waals surface area contributed by atoms with Crippen LogP contribution in [-0.4, -0.2) is 39.0 Å². The molecule has 3 aromatic rings. The van der Waals surface area contributed by atoms with E-state index in [-0.39, 0.29) is 24.2 Å². The maximum atomic E-state index is 12.8. The summed E-state index contributed by atoms with van der Waals surface area (Å²) in [6.07, 6.45) is 2.33. The molecule has 1 amide bonds. The Labute approximate surface area is 227 Å². The third-order valence-corrected chi connectivity index (χ3v) is 8.31. The minimum absolute atomic E-state index is 0.112. The number of carbonyl (C=O) groups is 2. The van der Waals surface area contributed by atoms with E-state index in [1.165, 1.54) is 23.1 Å². The van der Waals surface area contributed by atoms with E-state index >= 15 is 0 Å². The highest BCUT2D eigenvalue weighted by Gasteiger charge is 2.28. The van der Waals surface area contributed by atoms with E-state index < -0.39 is 6.10 Å². The molecule has 0 radical (unpaired) electrons. The molecule has 0 saturated heterocycles. The van der Waals surface area contributed by atoms with Gasteiger partial charge in [0.15, 0.2) is 17.1 Å². The second-order valence-electron chi connectivity index (χ2n) is 8.04. The van der Waals surface area contributed by atoms with Crippen molar-refractivity contribution in [2.45, 2.75) is 57.8 Å². The lowest BCUT2D eigenvalue weighted by atomic mass is 10.1. The van der Waals surface area contributed by atoms with Gasteiger partial charge < -0.3 is 19.4 Å². The topological polar surface area (TPSA) is 95.3 Å². The second-order valence-corrected chi connectivity index (χ2v) is 10.9. The van der Waals surface area contributed by atoms with Crippen molar-refractivity contribution in [1.29, 1.82) is 0 Å². The summed E-state index contributed by atoms with van der Waals surface area (Å²) in [5, 5.41) is 13.6. The number of hydrogen-bond donors (Lipinski definition) is 1. The van der Waals surface area contributed by atoms with Gasteiger partial charge in [0, 0.05) is 16.4 Å². The SMILES string of the molecule is CCOC(=O)c1c(NC(=O)CSc2nnc(C(C)Oc3ccc(Cl)cc3Cl)n2CC)sc2c1CCC2. The number of rotatable bonds is 10. The van der Waals surface area contributed by atoms with Gasteiger partial charge in [0.1, 0.15) is 10.8 Å². The van der Waals surface area contributed by atoms with E-state index in [0.29, 0.717) is 43.9 Å². The Balaban J connectivity index is 1.42. The van der Waals surface area contributed by atoms with Crippen LogP contribution in [0, 0.1) is 0 Å². The molecule has 0 fully saturated rings. The van der Waals surface area contributed by atoms with Crippen LogP contribution in [0.25, 0.3) is 0 Å². The number of carbonyl (C=O) groups excluding carboxylic acids is 2. The van der Waals surface area contributed by atoms with Crippen LogP contribution in [0.1, 0.15) is 59.9 Å². The molecule has 0 spiro atoms. The van der Waals surface area contributed by atoms with E-state index in [1.807, 2.05) is 18.4 Å². The highest BCUT2D eigenvalue weighted by molar-refractivity contribution is 7.99. The van der Waals surface area contributed by atoms with Crippen molar-refractivity contribution in [1.82, 2.24) is 14.8 Å². The van der Waals surface area contributed by atoms with E-state index in [2.05, 4.69) is 15.5 Å². The summed E-state index contributed by atoms with van der Waals surface area (Å²) in [7, 11) is 0. The van der Waals surface area contributed by atoms with Gasteiger partial charge in [-0.25, -0.2) is 4.79 Å². The Bertz CT molecular complexity index is 1280. The number of nitrogens with zero attached hydrogens (tertiary/aromatic N) is 3. The van der Waals surface area contributed by atoms with Crippen LogP contribution in [0.4, 0.5) is 5.00 Å². The fraction of sp³-hybridized carbons (Fsp3) is 0.417. The van der Waals surface area contributed by atoms with Gasteiger partial charge in [-0.15, -0.1) is 21.5 Å². The standard InChI is InChI=1S/C24H26Cl2N4O4S2/c1-4-30-21(13(3)34-17-10-9-14(25)11-16(17)26)28-29-24(30)35-12-19(31)27-22-20(23(32)33-5-2)15-7-6-8-18(15)36-22/h9-11,13H,4-8,12H2,1-3H3,(H,27,31). The van der Waals surface area contributed by atoms with Crippen LogP contribution >= 0.6 is 46.3 Å². The number of aryl methyl sites for hydroxylation is 1. The fourth-order valence-corrected chi connectivity index (χ4v) is 6.58. The maximum Gasteiger partial charge on any atom is 0.341 e. The third kappa shape index (κ3) is 5.82. The molecule has 1 atom stereocenters. The molecule has 1 unspecified atom stereocenters. The van der Waals surface area contributed by atoms with Crippen molar-refractivity contribution >= 4 is 63.2 Å². The number of amides is 1. The van der Waals surface area contributed by atoms with Crippen molar-refractivity contribution in [2.24, 2.45) is 0 Å². The third-order valence-electron chi connectivity index (χ3n) is 5.61. The quantitative estimate of drug-likeness (QED) is 0.229. The first kappa shape index (κ1) is 26.8. The first-order valence-corrected chi connectivity index (χ1v) is 14.2. The summed E-state index contributed by atoms with van der Waals surface area (Å²) in [5.74, 6) is 0.611. The van der Waals surface area contributed by atoms with Crippen molar-refractivity contribution in [2.75, 3.05) is 17.7 Å². The normalized spacial score (nSPS) is 13.4. The lowest BCUT2D eigenvalue weighted by molar-refractivity contribution is -0.113. The Morgan fingerprint density at radius 2 is 2.06 bits per heavy atom. The molecule has 1 aliphatic rings. The van der Waals surface area contributed by atoms with Gasteiger partial charge in [-0.3, -0.25) is 4.79 Å². The van der Waals surface area contributed by atoms with Crippen LogP contribution in [0.2, 0.25) is 10.0 Å². The number of thioether (sulfide) groups is 1. The van der Waals surface area contributed by atoms with E-state index in [0.717, 1.165) is 29.7 Å². The van der Waals surface area contributed by atoms with E-state index in [1.54, 1.807) is 25.1 Å². The Morgan fingerprint density at radius 1 is 1.25 bits per heavy atom. The van der Waals surface area contributed by atoms with Crippen molar-refractivity contribution in [3.63, 3.8) is 0 Å². The van der Waals surface area contributed by atoms with Crippen LogP contribution in [-0.2, 0) is 28.9 Å². The first-order chi connectivity index (χ1) is 17.3. The largest absolute Gasteiger partial charge is 0.481 e. The molecule has 0 saturated carbocycles. The number of fused-ring (bicyclic) bond motifs is 1. The Morgan fingerprint density at radius 3 is 2.78 bits per heavy atom. The van der Waals surface area contributed by atoms with E-state index in [9.17, 15) is 9.59 Å². The number of nitrogens with one attached hydrogen (secondary N) is 1. The Hall–Kier alpha value is -2.27. The molecule has 1 N–H and O–H groups in total. The molecule has 4 rings (SSSR count). The zero-order valence-corrected chi connectivity index (χ0v) is 23.2. The Kier molecular flexibility index (Phi) is 8.82. The van der Waals surface area contributed by atoms with Gasteiger partial charge in [-0.2, -0.15) is 0 Å². The number of benzene rings is 1. The molecular weight excluding hydrogens is 543 g/mol. The predicted molar refractivity (Wildman–Crippen MR) is 143 cm³/mol. The summed E-state index contributed by atoms with van der Waals surface area (Å²) in [6, 6.07) is 5.03. The molecule has 12 heteroatoms. The molecule has 1 aromatic carbocycles. The summed E-state index contributed by atoms with van der Waals surface area (Å²) < 4.78 is 13.1. The van der Waals surface area contributed by atoms with Crippen molar-refractivity contribution in [3.8, 4) is 5.75 Å². The van der Waals surface area contributed by atoms with Crippen LogP contribution in [0.15, 0.2) is 23.4 Å². The summed E-state index contributed by atoms with van der Waals surface area (Å²) in [5.41, 5.74) is 1.50. The van der Waals surface area contributed by atoms with Gasteiger partial charge in [0.25, 0.3) is 0 Å². The molecule has 2 aromatic heterocycles. The molecule has 0 aliphatic heterocycles. The van der Waals surface area contributed by atoms with Gasteiger partial charge in [-0.05, 0) is 63.8 Å². The van der Waals surface area contributed by atoms with Crippen molar-refractivity contribution in [3.05, 3.63) is 50.1 Å². The average Bonchev–Trinajstić information content (AvgIpc) is 3.53. The molecular formula is C24H26Cl2N4O4S2. The number of aromatic nitrogens is 3. The van der Waals surface area contributed by atoms with Crippen molar-refractivity contribution < 1.29 is 19.1 Å². The molecule has 8 nitrogen and oxygen atoms in total. The number of anilines is 1. The highest BCUT2D eigenvalue weighted by Crippen LogP contribution is 2.39. The van der Waals surface area contributed by atoms with Crippen LogP contribution < -0.4 is 10.1 Å². The van der Waals surface area contributed by atoms with Crippen LogP contribution in [0.3, 0.4) is 0 Å². The highest BCUT2D eigenvalue weighted by atomic mass is 35.5. The number of esters is 1. The van der Waals surface area contributed by atoms with E-state index in [4.69, 9.17) is 32.7 Å². The summed E-state index contributed by atoms with van der Waals surface area (Å²) in [6.45, 7) is 6.48.